The molecule has 0 bridgehead atoms. The molecule has 48 heavy (non-hydrogen) atoms. The van der Waals surface area contributed by atoms with Crippen LogP contribution in [0.4, 0.5) is 0 Å². The molecule has 0 aromatic carbocycles. The summed E-state index contributed by atoms with van der Waals surface area (Å²) >= 11 is 0. The minimum Gasteiger partial charge on any atom is -0.0530 e. The Balaban J connectivity index is 0.984. The van der Waals surface area contributed by atoms with E-state index in [0.717, 1.165) is 107 Å². The molecule has 0 N–H and O–H groups in total. The fourth-order valence-electron chi connectivity index (χ4n) is 18.9. The monoisotopic (exact) mass is 655 g/mol. The Labute approximate surface area is 298 Å². The Morgan fingerprint density at radius 1 is 0.167 bits per heavy atom. The van der Waals surface area contributed by atoms with Gasteiger partial charge in [0.05, 0.1) is 0 Å². The second kappa shape index (κ2) is 14.1. The van der Waals surface area contributed by atoms with E-state index >= 15 is 0 Å². The van der Waals surface area contributed by atoms with Crippen molar-refractivity contribution in [3.05, 3.63) is 0 Å². The Bertz CT molecular complexity index is 942. The second-order valence-electron chi connectivity index (χ2n) is 21.5. The van der Waals surface area contributed by atoms with E-state index < -0.39 is 0 Å². The number of fused-ring (bicyclic) bond motifs is 6. The molecule has 0 aromatic rings. The molecule has 14 atom stereocenters. The standard InChI is InChI=1S/C48H78/c1-3-15-33-29-35(27-25-31(33)13-1)45-37-17-5-9-21-41(37)47(42-22-10-6-18-38(42)45)48-43-23-11-7-19-39(43)46(40-20-8-12-24-44(40)48)36-28-26-32-14-2-4-16-34(32)30-36/h31-48H,1-30H2. The smallest absolute Gasteiger partial charge is 0.0318 e. The van der Waals surface area contributed by atoms with Crippen molar-refractivity contribution in [3.8, 4) is 0 Å². The summed E-state index contributed by atoms with van der Waals surface area (Å²) in [5.41, 5.74) is 0. The van der Waals surface area contributed by atoms with Crippen LogP contribution in [0.25, 0.3) is 0 Å². The van der Waals surface area contributed by atoms with E-state index in [0.29, 0.717) is 0 Å². The highest BCUT2D eigenvalue weighted by Crippen LogP contribution is 2.68. The Morgan fingerprint density at radius 3 is 0.708 bits per heavy atom. The highest BCUT2D eigenvalue weighted by molar-refractivity contribution is 5.10. The molecule has 0 radical (unpaired) electrons. The van der Waals surface area contributed by atoms with Crippen molar-refractivity contribution < 1.29 is 0 Å². The van der Waals surface area contributed by atoms with Crippen LogP contribution in [0.5, 0.6) is 0 Å². The van der Waals surface area contributed by atoms with Crippen LogP contribution in [-0.2, 0) is 0 Å². The van der Waals surface area contributed by atoms with Crippen LogP contribution in [0.2, 0.25) is 0 Å². The molecule has 0 aromatic heterocycles. The third kappa shape index (κ3) is 5.69. The Kier molecular flexibility index (Phi) is 9.58. The predicted molar refractivity (Wildman–Crippen MR) is 201 cm³/mol. The molecule has 0 amide bonds. The van der Waals surface area contributed by atoms with Gasteiger partial charge in [0.1, 0.15) is 0 Å². The Hall–Kier alpha value is 0. The maximum atomic E-state index is 1.68. The average molecular weight is 655 g/mol. The minimum absolute atomic E-state index is 1.12. The first-order valence-electron chi connectivity index (χ1n) is 23.8. The summed E-state index contributed by atoms with van der Waals surface area (Å²) in [6, 6.07) is 0. The van der Waals surface area contributed by atoms with E-state index in [1.54, 1.807) is 193 Å². The molecule has 0 heteroatoms. The third-order valence-corrected chi connectivity index (χ3v) is 20.1. The molecule has 0 heterocycles. The van der Waals surface area contributed by atoms with Crippen LogP contribution in [0.15, 0.2) is 0 Å². The van der Waals surface area contributed by atoms with Gasteiger partial charge in [0.2, 0.25) is 0 Å². The van der Waals surface area contributed by atoms with Gasteiger partial charge in [-0.05, 0) is 196 Å². The molecule has 0 spiro atoms. The lowest BCUT2D eigenvalue weighted by atomic mass is 9.39. The summed E-state index contributed by atoms with van der Waals surface area (Å²) in [5, 5.41) is 0. The fourth-order valence-corrected chi connectivity index (χ4v) is 18.9. The van der Waals surface area contributed by atoms with Crippen LogP contribution in [0.1, 0.15) is 193 Å². The van der Waals surface area contributed by atoms with E-state index in [1.165, 1.54) is 0 Å². The highest BCUT2D eigenvalue weighted by Gasteiger charge is 2.61. The van der Waals surface area contributed by atoms with Gasteiger partial charge in [0, 0.05) is 0 Å². The zero-order chi connectivity index (χ0) is 31.6. The van der Waals surface area contributed by atoms with E-state index in [-0.39, 0.29) is 0 Å². The summed E-state index contributed by atoms with van der Waals surface area (Å²) in [5.74, 6) is 20.4. The lowest BCUT2D eigenvalue weighted by Gasteiger charge is -2.66. The van der Waals surface area contributed by atoms with Crippen molar-refractivity contribution in [1.29, 1.82) is 0 Å². The largest absolute Gasteiger partial charge is 0.0530 e. The van der Waals surface area contributed by atoms with Crippen LogP contribution < -0.4 is 0 Å². The summed E-state index contributed by atoms with van der Waals surface area (Å²) in [4.78, 5) is 0. The van der Waals surface area contributed by atoms with Gasteiger partial charge in [-0.3, -0.25) is 0 Å². The normalized spacial score (nSPS) is 55.5. The molecular weight excluding hydrogens is 577 g/mol. The summed E-state index contributed by atoms with van der Waals surface area (Å²) in [6.07, 6.45) is 48.6. The van der Waals surface area contributed by atoms with E-state index in [1.807, 2.05) is 0 Å². The van der Waals surface area contributed by atoms with Crippen LogP contribution in [0.3, 0.4) is 0 Å². The number of hydrogen-bond acceptors (Lipinski definition) is 0. The first-order chi connectivity index (χ1) is 23.8. The quantitative estimate of drug-likeness (QED) is 0.284. The van der Waals surface area contributed by atoms with Gasteiger partial charge in [-0.2, -0.15) is 0 Å². The number of rotatable bonds is 3. The molecular formula is C48H78. The predicted octanol–water partition coefficient (Wildman–Crippen LogP) is 13.9. The molecule has 0 nitrogen and oxygen atoms in total. The lowest BCUT2D eigenvalue weighted by molar-refractivity contribution is -0.176. The zero-order valence-electron chi connectivity index (χ0n) is 31.6. The molecule has 10 aliphatic carbocycles. The maximum Gasteiger partial charge on any atom is -0.0318 e. The van der Waals surface area contributed by atoms with Crippen molar-refractivity contribution in [2.45, 2.75) is 193 Å². The SMILES string of the molecule is C1CCC2CC(C3C4CCCCC4C(C4C5CCCCC5C(C5CCC6CCCCC6C5)C5CCCCC54)C4CCCCC43)CCC2C1. The van der Waals surface area contributed by atoms with Gasteiger partial charge >= 0.3 is 0 Å². The van der Waals surface area contributed by atoms with Gasteiger partial charge in [0.25, 0.3) is 0 Å². The van der Waals surface area contributed by atoms with E-state index in [4.69, 9.17) is 0 Å². The Morgan fingerprint density at radius 2 is 0.396 bits per heavy atom. The molecule has 0 aliphatic heterocycles. The van der Waals surface area contributed by atoms with Crippen LogP contribution >= 0.6 is 0 Å². The highest BCUT2D eigenvalue weighted by atomic mass is 14.7. The molecule has 10 rings (SSSR count). The molecule has 10 saturated carbocycles. The van der Waals surface area contributed by atoms with Crippen LogP contribution in [0, 0.1) is 107 Å². The van der Waals surface area contributed by atoms with Gasteiger partial charge in [-0.15, -0.1) is 0 Å². The number of hydrogen-bond donors (Lipinski definition) is 0. The maximum absolute atomic E-state index is 1.68. The topological polar surface area (TPSA) is 0 Å². The average Bonchev–Trinajstić information content (AvgIpc) is 3.16. The lowest BCUT2D eigenvalue weighted by Crippen LogP contribution is -2.60. The first-order valence-corrected chi connectivity index (χ1v) is 23.8. The molecule has 14 unspecified atom stereocenters. The van der Waals surface area contributed by atoms with E-state index in [9.17, 15) is 0 Å². The zero-order valence-corrected chi connectivity index (χ0v) is 31.6. The summed E-state index contributed by atoms with van der Waals surface area (Å²) in [7, 11) is 0. The van der Waals surface area contributed by atoms with Crippen molar-refractivity contribution in [3.63, 3.8) is 0 Å². The van der Waals surface area contributed by atoms with Crippen molar-refractivity contribution in [1.82, 2.24) is 0 Å². The fraction of sp³-hybridized carbons (Fsp3) is 1.00. The summed E-state index contributed by atoms with van der Waals surface area (Å²) in [6.45, 7) is 0. The van der Waals surface area contributed by atoms with Crippen molar-refractivity contribution in [2.75, 3.05) is 0 Å². The molecule has 0 saturated heterocycles. The minimum atomic E-state index is 1.12. The second-order valence-corrected chi connectivity index (χ2v) is 21.5. The van der Waals surface area contributed by atoms with Gasteiger partial charge in [0.15, 0.2) is 0 Å². The molecule has 10 aliphatic rings. The van der Waals surface area contributed by atoms with Crippen molar-refractivity contribution in [2.24, 2.45) is 107 Å². The van der Waals surface area contributed by atoms with Gasteiger partial charge in [-0.25, -0.2) is 0 Å². The van der Waals surface area contributed by atoms with E-state index in [2.05, 4.69) is 0 Å². The summed E-state index contributed by atoms with van der Waals surface area (Å²) < 4.78 is 0. The molecule has 10 fully saturated rings. The van der Waals surface area contributed by atoms with Crippen LogP contribution in [-0.4, -0.2) is 0 Å². The van der Waals surface area contributed by atoms with Crippen molar-refractivity contribution >= 4 is 0 Å². The van der Waals surface area contributed by atoms with Gasteiger partial charge in [-0.1, -0.05) is 103 Å². The van der Waals surface area contributed by atoms with Gasteiger partial charge < -0.3 is 0 Å². The third-order valence-electron chi connectivity index (χ3n) is 20.1. The first kappa shape index (κ1) is 32.6. The molecule has 270 valence electrons.